The minimum Gasteiger partial charge on any atom is -0.282 e. The highest BCUT2D eigenvalue weighted by Gasteiger charge is 2.01. The summed E-state index contributed by atoms with van der Waals surface area (Å²) in [5, 5.41) is -0.675. The standard InChI is InChI=1S/C8H7ClFNOS/c1-5-2-3-6(4-7(5)10)13-11-8(9)12/h2-4H,1H3,(H,11,12). The minimum absolute atomic E-state index is 0.297. The fourth-order valence-electron chi connectivity index (χ4n) is 0.736. The first-order valence-corrected chi connectivity index (χ1v) is 4.67. The van der Waals surface area contributed by atoms with E-state index in [1.807, 2.05) is 0 Å². The molecule has 0 saturated carbocycles. The zero-order chi connectivity index (χ0) is 9.84. The van der Waals surface area contributed by atoms with Gasteiger partial charge >= 0.3 is 5.37 Å². The third-order valence-electron chi connectivity index (χ3n) is 1.39. The van der Waals surface area contributed by atoms with E-state index in [1.54, 1.807) is 19.1 Å². The van der Waals surface area contributed by atoms with Gasteiger partial charge in [0.15, 0.2) is 0 Å². The van der Waals surface area contributed by atoms with Crippen molar-refractivity contribution >= 4 is 28.9 Å². The average molecular weight is 220 g/mol. The van der Waals surface area contributed by atoms with Crippen molar-refractivity contribution in [3.05, 3.63) is 29.6 Å². The summed E-state index contributed by atoms with van der Waals surface area (Å²) >= 11 is 6.01. The number of hydrogen-bond acceptors (Lipinski definition) is 2. The van der Waals surface area contributed by atoms with E-state index >= 15 is 0 Å². The van der Waals surface area contributed by atoms with E-state index in [2.05, 4.69) is 4.72 Å². The Hall–Kier alpha value is -0.740. The van der Waals surface area contributed by atoms with Crippen molar-refractivity contribution in [3.63, 3.8) is 0 Å². The molecule has 1 aromatic carbocycles. The van der Waals surface area contributed by atoms with Gasteiger partial charge in [0.2, 0.25) is 0 Å². The summed E-state index contributed by atoms with van der Waals surface area (Å²) in [4.78, 5) is 10.9. The number of carbonyl (C=O) groups excluding carboxylic acids is 1. The second kappa shape index (κ2) is 4.48. The number of aryl methyl sites for hydroxylation is 1. The molecule has 1 rings (SSSR count). The predicted molar refractivity (Wildman–Crippen MR) is 51.4 cm³/mol. The molecule has 70 valence electrons. The second-order valence-corrected chi connectivity index (χ2v) is 3.61. The molecule has 13 heavy (non-hydrogen) atoms. The van der Waals surface area contributed by atoms with E-state index in [1.165, 1.54) is 6.07 Å². The first kappa shape index (κ1) is 10.3. The van der Waals surface area contributed by atoms with Gasteiger partial charge in [-0.1, -0.05) is 6.07 Å². The molecule has 0 unspecified atom stereocenters. The fraction of sp³-hybridized carbons (Fsp3) is 0.125. The number of carbonyl (C=O) groups is 1. The molecule has 0 radical (unpaired) electrons. The van der Waals surface area contributed by atoms with Crippen molar-refractivity contribution in [1.29, 1.82) is 0 Å². The Labute approximate surface area is 84.6 Å². The highest BCUT2D eigenvalue weighted by molar-refractivity contribution is 7.98. The minimum atomic E-state index is -0.675. The Kier molecular flexibility index (Phi) is 3.57. The van der Waals surface area contributed by atoms with E-state index in [4.69, 9.17) is 11.6 Å². The Balaban J connectivity index is 2.68. The molecule has 5 heteroatoms. The van der Waals surface area contributed by atoms with Crippen LogP contribution in [0.5, 0.6) is 0 Å². The topological polar surface area (TPSA) is 29.1 Å². The molecule has 2 nitrogen and oxygen atoms in total. The maximum Gasteiger partial charge on any atom is 0.323 e. The van der Waals surface area contributed by atoms with E-state index in [9.17, 15) is 9.18 Å². The van der Waals surface area contributed by atoms with Crippen molar-refractivity contribution in [2.45, 2.75) is 11.8 Å². The van der Waals surface area contributed by atoms with Crippen molar-refractivity contribution in [1.82, 2.24) is 4.72 Å². The van der Waals surface area contributed by atoms with Gasteiger partial charge in [-0.05, 0) is 48.2 Å². The predicted octanol–water partition coefficient (Wildman–Crippen LogP) is 3.09. The highest BCUT2D eigenvalue weighted by atomic mass is 35.5. The number of nitrogens with one attached hydrogen (secondary N) is 1. The number of rotatable bonds is 2. The maximum absolute atomic E-state index is 12.9. The van der Waals surface area contributed by atoms with Crippen LogP contribution in [0.4, 0.5) is 9.18 Å². The zero-order valence-electron chi connectivity index (χ0n) is 6.80. The molecule has 0 heterocycles. The fourth-order valence-corrected chi connectivity index (χ4v) is 1.35. The van der Waals surface area contributed by atoms with Gasteiger partial charge in [-0.3, -0.25) is 9.52 Å². The largest absolute Gasteiger partial charge is 0.323 e. The van der Waals surface area contributed by atoms with Crippen LogP contribution in [-0.2, 0) is 0 Å². The van der Waals surface area contributed by atoms with Crippen LogP contribution in [0.3, 0.4) is 0 Å². The van der Waals surface area contributed by atoms with Crippen molar-refractivity contribution in [2.75, 3.05) is 0 Å². The second-order valence-electron chi connectivity index (χ2n) is 2.39. The molecule has 0 atom stereocenters. The van der Waals surface area contributed by atoms with Crippen LogP contribution in [0.15, 0.2) is 23.1 Å². The van der Waals surface area contributed by atoms with Crippen molar-refractivity contribution in [2.24, 2.45) is 0 Å². The Morgan fingerprint density at radius 2 is 2.31 bits per heavy atom. The van der Waals surface area contributed by atoms with E-state index in [0.29, 0.717) is 10.5 Å². The molecular formula is C8H7ClFNOS. The quantitative estimate of drug-likeness (QED) is 0.471. The van der Waals surface area contributed by atoms with Gasteiger partial charge in [-0.25, -0.2) is 4.39 Å². The van der Waals surface area contributed by atoms with Gasteiger partial charge in [0.25, 0.3) is 0 Å². The molecule has 0 spiro atoms. The van der Waals surface area contributed by atoms with Crippen LogP contribution in [0.2, 0.25) is 0 Å². The molecule has 0 aromatic heterocycles. The summed E-state index contributed by atoms with van der Waals surface area (Å²) in [5.41, 5.74) is 0.571. The third-order valence-corrected chi connectivity index (χ3v) is 2.38. The third kappa shape index (κ3) is 3.24. The lowest BCUT2D eigenvalue weighted by atomic mass is 10.2. The first-order valence-electron chi connectivity index (χ1n) is 3.48. The lowest BCUT2D eigenvalue weighted by molar-refractivity contribution is 0.264. The summed E-state index contributed by atoms with van der Waals surface area (Å²) in [6.07, 6.45) is 0. The van der Waals surface area contributed by atoms with Gasteiger partial charge in [0.1, 0.15) is 5.82 Å². The molecule has 1 N–H and O–H groups in total. The highest BCUT2D eigenvalue weighted by Crippen LogP contribution is 2.18. The van der Waals surface area contributed by atoms with Gasteiger partial charge in [-0.2, -0.15) is 0 Å². The van der Waals surface area contributed by atoms with Crippen LogP contribution < -0.4 is 4.72 Å². The van der Waals surface area contributed by atoms with E-state index < -0.39 is 5.37 Å². The SMILES string of the molecule is Cc1ccc(SNC(=O)Cl)cc1F. The summed E-state index contributed by atoms with van der Waals surface area (Å²) < 4.78 is 15.2. The van der Waals surface area contributed by atoms with Crippen LogP contribution in [-0.4, -0.2) is 5.37 Å². The monoisotopic (exact) mass is 219 g/mol. The number of amides is 1. The first-order chi connectivity index (χ1) is 6.09. The Morgan fingerprint density at radius 1 is 1.62 bits per heavy atom. The van der Waals surface area contributed by atoms with Gasteiger partial charge < -0.3 is 0 Å². The lowest BCUT2D eigenvalue weighted by Gasteiger charge is -2.01. The molecule has 0 fully saturated rings. The van der Waals surface area contributed by atoms with E-state index in [0.717, 1.165) is 11.9 Å². The summed E-state index contributed by atoms with van der Waals surface area (Å²) in [6, 6.07) is 4.68. The number of hydrogen-bond donors (Lipinski definition) is 1. The van der Waals surface area contributed by atoms with Crippen LogP contribution in [0.25, 0.3) is 0 Å². The zero-order valence-corrected chi connectivity index (χ0v) is 8.38. The van der Waals surface area contributed by atoms with Crippen molar-refractivity contribution in [3.8, 4) is 0 Å². The van der Waals surface area contributed by atoms with E-state index in [-0.39, 0.29) is 5.82 Å². The van der Waals surface area contributed by atoms with Gasteiger partial charge in [-0.15, -0.1) is 0 Å². The van der Waals surface area contributed by atoms with Crippen LogP contribution in [0.1, 0.15) is 5.56 Å². The molecule has 0 aliphatic heterocycles. The smallest absolute Gasteiger partial charge is 0.282 e. The molecule has 1 amide bonds. The van der Waals surface area contributed by atoms with Crippen LogP contribution in [0, 0.1) is 12.7 Å². The molecule has 1 aromatic rings. The van der Waals surface area contributed by atoms with Gasteiger partial charge in [0.05, 0.1) is 0 Å². The number of benzene rings is 1. The number of halogens is 2. The molecular weight excluding hydrogens is 213 g/mol. The summed E-state index contributed by atoms with van der Waals surface area (Å²) in [5.74, 6) is -0.297. The molecule has 0 saturated heterocycles. The lowest BCUT2D eigenvalue weighted by Crippen LogP contribution is -2.04. The normalized spacial score (nSPS) is 9.77. The summed E-state index contributed by atoms with van der Waals surface area (Å²) in [6.45, 7) is 1.67. The Morgan fingerprint density at radius 3 is 2.85 bits per heavy atom. The maximum atomic E-state index is 12.9. The van der Waals surface area contributed by atoms with Crippen molar-refractivity contribution < 1.29 is 9.18 Å². The average Bonchev–Trinajstić information content (AvgIpc) is 2.07. The Bertz CT molecular complexity index is 332. The van der Waals surface area contributed by atoms with Crippen LogP contribution >= 0.6 is 23.5 Å². The molecule has 0 aliphatic carbocycles. The molecule has 0 aliphatic rings. The summed E-state index contributed by atoms with van der Waals surface area (Å²) in [7, 11) is 0. The van der Waals surface area contributed by atoms with Gasteiger partial charge in [0, 0.05) is 4.90 Å². The molecule has 0 bridgehead atoms.